The second-order valence-corrected chi connectivity index (χ2v) is 9.37. The Bertz CT molecular complexity index is 1380. The van der Waals surface area contributed by atoms with Gasteiger partial charge in [-0.05, 0) is 43.5 Å². The normalized spacial score (nSPS) is 11.3. The van der Waals surface area contributed by atoms with E-state index in [1.165, 1.54) is 0 Å². The first kappa shape index (κ1) is 25.4. The third-order valence-corrected chi connectivity index (χ3v) is 5.92. The van der Waals surface area contributed by atoms with E-state index in [1.54, 1.807) is 12.1 Å². The molecule has 8 nitrogen and oxygen atoms in total. The summed E-state index contributed by atoms with van der Waals surface area (Å²) < 4.78 is 7.55. The number of carboxylic acids is 1. The summed E-state index contributed by atoms with van der Waals surface area (Å²) in [6.45, 7) is 6.53. The summed E-state index contributed by atoms with van der Waals surface area (Å²) in [6.07, 6.45) is 1.76. The first-order valence-electron chi connectivity index (χ1n) is 12.0. The maximum absolute atomic E-state index is 11.0. The second-order valence-electron chi connectivity index (χ2n) is 8.97. The van der Waals surface area contributed by atoms with Gasteiger partial charge in [0.2, 0.25) is 0 Å². The second kappa shape index (κ2) is 11.0. The standard InChI is InChI=1S/C27H30ClN5O3/c1-5-6-21-24-25(33(4)32-21)27(29-15-18-9-12-22(20(28)13-18)36-16(2)3)31-26(30-24)19-10-7-17(8-11-19)14-23(34)35/h7-13,16H,5-6,14-15H2,1-4H3,(H,34,35)(H,29,30,31). The molecule has 0 bridgehead atoms. The molecule has 0 aliphatic carbocycles. The quantitative estimate of drug-likeness (QED) is 0.285. The minimum Gasteiger partial charge on any atom is -0.489 e. The predicted molar refractivity (Wildman–Crippen MR) is 142 cm³/mol. The van der Waals surface area contributed by atoms with Gasteiger partial charge in [-0.3, -0.25) is 9.48 Å². The third kappa shape index (κ3) is 5.76. The molecular weight excluding hydrogens is 478 g/mol. The van der Waals surface area contributed by atoms with E-state index in [-0.39, 0.29) is 12.5 Å². The van der Waals surface area contributed by atoms with Gasteiger partial charge in [0.05, 0.1) is 23.2 Å². The summed E-state index contributed by atoms with van der Waals surface area (Å²) in [5.41, 5.74) is 5.07. The number of halogens is 1. The lowest BCUT2D eigenvalue weighted by atomic mass is 10.1. The fraction of sp³-hybridized carbons (Fsp3) is 0.333. The van der Waals surface area contributed by atoms with Crippen LogP contribution in [0.1, 0.15) is 44.0 Å². The van der Waals surface area contributed by atoms with Crippen molar-refractivity contribution in [2.24, 2.45) is 7.05 Å². The molecular formula is C27H30ClN5O3. The molecule has 0 fully saturated rings. The Balaban J connectivity index is 1.69. The van der Waals surface area contributed by atoms with Crippen molar-refractivity contribution in [3.63, 3.8) is 0 Å². The van der Waals surface area contributed by atoms with Crippen molar-refractivity contribution in [2.45, 2.75) is 52.7 Å². The van der Waals surface area contributed by atoms with Crippen molar-refractivity contribution in [3.8, 4) is 17.1 Å². The number of anilines is 1. The van der Waals surface area contributed by atoms with E-state index in [0.29, 0.717) is 29.0 Å². The van der Waals surface area contributed by atoms with Gasteiger partial charge in [0.25, 0.3) is 0 Å². The van der Waals surface area contributed by atoms with E-state index < -0.39 is 5.97 Å². The molecule has 2 aromatic heterocycles. The number of ether oxygens (including phenoxy) is 1. The highest BCUT2D eigenvalue weighted by molar-refractivity contribution is 6.32. The number of aryl methyl sites for hydroxylation is 2. The number of aliphatic carboxylic acids is 1. The Kier molecular flexibility index (Phi) is 7.74. The van der Waals surface area contributed by atoms with Crippen LogP contribution in [0.5, 0.6) is 5.75 Å². The maximum atomic E-state index is 11.0. The first-order valence-corrected chi connectivity index (χ1v) is 12.4. The van der Waals surface area contributed by atoms with E-state index in [1.807, 2.05) is 55.9 Å². The molecule has 0 spiro atoms. The van der Waals surface area contributed by atoms with Crippen LogP contribution in [-0.2, 0) is 31.2 Å². The zero-order valence-corrected chi connectivity index (χ0v) is 21.6. The number of aromatic nitrogens is 4. The van der Waals surface area contributed by atoms with Crippen LogP contribution >= 0.6 is 11.6 Å². The van der Waals surface area contributed by atoms with Gasteiger partial charge >= 0.3 is 5.97 Å². The first-order chi connectivity index (χ1) is 17.2. The van der Waals surface area contributed by atoms with E-state index in [2.05, 4.69) is 12.2 Å². The van der Waals surface area contributed by atoms with Crippen LogP contribution in [0.15, 0.2) is 42.5 Å². The van der Waals surface area contributed by atoms with Crippen LogP contribution in [-0.4, -0.2) is 36.9 Å². The fourth-order valence-corrected chi connectivity index (χ4v) is 4.28. The molecule has 2 heterocycles. The predicted octanol–water partition coefficient (Wildman–Crippen LogP) is 5.66. The molecule has 0 aliphatic heterocycles. The lowest BCUT2D eigenvalue weighted by Gasteiger charge is -2.13. The van der Waals surface area contributed by atoms with Gasteiger partial charge in [-0.25, -0.2) is 9.97 Å². The minimum absolute atomic E-state index is 0.0280. The molecule has 9 heteroatoms. The number of rotatable bonds is 10. The highest BCUT2D eigenvalue weighted by Gasteiger charge is 2.18. The minimum atomic E-state index is -0.865. The van der Waals surface area contributed by atoms with Crippen LogP contribution < -0.4 is 10.1 Å². The zero-order chi connectivity index (χ0) is 25.8. The van der Waals surface area contributed by atoms with Crippen molar-refractivity contribution in [2.75, 3.05) is 5.32 Å². The Hall–Kier alpha value is -3.65. The van der Waals surface area contributed by atoms with Gasteiger partial charge in [0.1, 0.15) is 16.8 Å². The summed E-state index contributed by atoms with van der Waals surface area (Å²) in [5.74, 6) is 1.01. The molecule has 4 aromatic rings. The lowest BCUT2D eigenvalue weighted by molar-refractivity contribution is -0.136. The average Bonchev–Trinajstić information content (AvgIpc) is 3.14. The van der Waals surface area contributed by atoms with E-state index in [4.69, 9.17) is 36.5 Å². The molecule has 0 unspecified atom stereocenters. The largest absolute Gasteiger partial charge is 0.489 e. The maximum Gasteiger partial charge on any atom is 0.307 e. The lowest BCUT2D eigenvalue weighted by Crippen LogP contribution is -2.08. The molecule has 0 saturated heterocycles. The van der Waals surface area contributed by atoms with Gasteiger partial charge in [-0.2, -0.15) is 5.10 Å². The summed E-state index contributed by atoms with van der Waals surface area (Å²) in [4.78, 5) is 20.7. The van der Waals surface area contributed by atoms with Crippen LogP contribution in [0, 0.1) is 0 Å². The molecule has 0 atom stereocenters. The monoisotopic (exact) mass is 507 g/mol. The molecule has 188 valence electrons. The number of carboxylic acid groups (broad SMARTS) is 1. The summed E-state index contributed by atoms with van der Waals surface area (Å²) in [7, 11) is 1.89. The molecule has 4 rings (SSSR count). The van der Waals surface area contributed by atoms with Crippen molar-refractivity contribution in [3.05, 3.63) is 64.3 Å². The van der Waals surface area contributed by atoms with E-state index >= 15 is 0 Å². The summed E-state index contributed by atoms with van der Waals surface area (Å²) in [6, 6.07) is 13.0. The van der Waals surface area contributed by atoms with Crippen LogP contribution in [0.4, 0.5) is 5.82 Å². The Morgan fingerprint density at radius 2 is 1.86 bits per heavy atom. The van der Waals surface area contributed by atoms with E-state index in [0.717, 1.165) is 46.3 Å². The van der Waals surface area contributed by atoms with Gasteiger partial charge in [0, 0.05) is 19.2 Å². The number of nitrogens with one attached hydrogen (secondary N) is 1. The molecule has 0 saturated carbocycles. The molecule has 0 aliphatic rings. The van der Waals surface area contributed by atoms with E-state index in [9.17, 15) is 4.79 Å². The van der Waals surface area contributed by atoms with Crippen molar-refractivity contribution in [1.29, 1.82) is 0 Å². The SMILES string of the molecule is CCCc1nn(C)c2c(NCc3ccc(OC(C)C)c(Cl)c3)nc(-c3ccc(CC(=O)O)cc3)nc12. The fourth-order valence-electron chi connectivity index (χ4n) is 4.03. The number of hydrogen-bond donors (Lipinski definition) is 2. The molecule has 2 aromatic carbocycles. The van der Waals surface area contributed by atoms with Gasteiger partial charge in [-0.15, -0.1) is 0 Å². The van der Waals surface area contributed by atoms with Crippen molar-refractivity contribution >= 4 is 34.4 Å². The van der Waals surface area contributed by atoms with Gasteiger partial charge in [0.15, 0.2) is 11.6 Å². The van der Waals surface area contributed by atoms with Crippen LogP contribution in [0.2, 0.25) is 5.02 Å². The number of fused-ring (bicyclic) bond motifs is 1. The van der Waals surface area contributed by atoms with Crippen molar-refractivity contribution in [1.82, 2.24) is 19.7 Å². The average molecular weight is 508 g/mol. The Labute approximate surface area is 215 Å². The van der Waals surface area contributed by atoms with Gasteiger partial charge < -0.3 is 15.2 Å². The van der Waals surface area contributed by atoms with Gasteiger partial charge in [-0.1, -0.05) is 55.3 Å². The Morgan fingerprint density at radius 3 is 2.50 bits per heavy atom. The molecule has 0 amide bonds. The smallest absolute Gasteiger partial charge is 0.307 e. The number of benzene rings is 2. The molecule has 2 N–H and O–H groups in total. The van der Waals surface area contributed by atoms with Crippen LogP contribution in [0.25, 0.3) is 22.4 Å². The number of carbonyl (C=O) groups is 1. The number of hydrogen-bond acceptors (Lipinski definition) is 6. The highest BCUT2D eigenvalue weighted by Crippen LogP contribution is 2.30. The zero-order valence-electron chi connectivity index (χ0n) is 20.9. The van der Waals surface area contributed by atoms with Crippen molar-refractivity contribution < 1.29 is 14.6 Å². The molecule has 36 heavy (non-hydrogen) atoms. The topological polar surface area (TPSA) is 102 Å². The Morgan fingerprint density at radius 1 is 1.14 bits per heavy atom. The van der Waals surface area contributed by atoms with Crippen LogP contribution in [0.3, 0.4) is 0 Å². The summed E-state index contributed by atoms with van der Waals surface area (Å²) >= 11 is 6.43. The number of nitrogens with zero attached hydrogens (tertiary/aromatic N) is 4. The molecule has 0 radical (unpaired) electrons. The summed E-state index contributed by atoms with van der Waals surface area (Å²) in [5, 5.41) is 17.8. The third-order valence-electron chi connectivity index (χ3n) is 5.62. The highest BCUT2D eigenvalue weighted by atomic mass is 35.5.